The van der Waals surface area contributed by atoms with Gasteiger partial charge in [-0.25, -0.2) is 0 Å². The quantitative estimate of drug-likeness (QED) is 0.536. The van der Waals surface area contributed by atoms with Crippen molar-refractivity contribution in [1.82, 2.24) is 0 Å². The lowest BCUT2D eigenvalue weighted by molar-refractivity contribution is 0.350. The maximum absolute atomic E-state index is 8.38. The summed E-state index contributed by atoms with van der Waals surface area (Å²) in [6.07, 6.45) is 12.2. The van der Waals surface area contributed by atoms with E-state index >= 15 is 0 Å². The Balaban J connectivity index is 3.31. The smallest absolute Gasteiger partial charge is 0.104 e. The summed E-state index contributed by atoms with van der Waals surface area (Å²) in [6, 6.07) is 0. The topological polar surface area (TPSA) is 20.2 Å². The molecule has 0 aromatic carbocycles. The molecule has 1 heteroatoms. The van der Waals surface area contributed by atoms with Gasteiger partial charge in [-0.15, -0.1) is 0 Å². The zero-order chi connectivity index (χ0) is 11.9. The maximum Gasteiger partial charge on any atom is 0.104 e. The highest BCUT2D eigenvalue weighted by Crippen LogP contribution is 2.05. The normalized spacial score (nSPS) is 9.38. The molecule has 0 unspecified atom stereocenters. The van der Waals surface area contributed by atoms with Crippen LogP contribution in [0, 0.1) is 23.7 Å². The Morgan fingerprint density at radius 2 is 1.50 bits per heavy atom. The molecule has 0 aliphatic rings. The van der Waals surface area contributed by atoms with Gasteiger partial charge in [-0.05, 0) is 18.6 Å². The van der Waals surface area contributed by atoms with Gasteiger partial charge in [0.15, 0.2) is 0 Å². The van der Waals surface area contributed by atoms with E-state index in [-0.39, 0.29) is 6.61 Å². The molecule has 1 N–H and O–H groups in total. The summed E-state index contributed by atoms with van der Waals surface area (Å²) in [5.41, 5.74) is 0. The third kappa shape index (κ3) is 12.8. The molecule has 0 rings (SSSR count). The van der Waals surface area contributed by atoms with Crippen molar-refractivity contribution in [3.8, 4) is 23.7 Å². The van der Waals surface area contributed by atoms with Crippen LogP contribution in [0.1, 0.15) is 51.9 Å². The lowest BCUT2D eigenvalue weighted by Gasteiger charge is -1.96. The molecule has 0 radical (unpaired) electrons. The summed E-state index contributed by atoms with van der Waals surface area (Å²) in [5, 5.41) is 8.38. The van der Waals surface area contributed by atoms with E-state index in [1.807, 2.05) is 0 Å². The van der Waals surface area contributed by atoms with Crippen LogP contribution in [0.2, 0.25) is 0 Å². The number of unbranched alkanes of at least 4 members (excludes halogenated alkanes) is 6. The molecule has 0 aromatic rings. The third-order valence-corrected chi connectivity index (χ3v) is 2.19. The standard InChI is InChI=1S/C15H22O/c1-2-3-4-5-6-7-8-9-10-11-12-13-14-15-16/h11-12,16H,2-8,15H2,1H3/b12-11-. The van der Waals surface area contributed by atoms with Crippen LogP contribution < -0.4 is 0 Å². The molecular formula is C15H22O. The van der Waals surface area contributed by atoms with E-state index in [9.17, 15) is 0 Å². The number of aliphatic hydroxyl groups is 1. The van der Waals surface area contributed by atoms with Crippen LogP contribution in [0.5, 0.6) is 0 Å². The summed E-state index contributed by atoms with van der Waals surface area (Å²) in [6.45, 7) is 2.15. The van der Waals surface area contributed by atoms with E-state index in [1.54, 1.807) is 12.2 Å². The largest absolute Gasteiger partial charge is 0.384 e. The fourth-order valence-electron chi connectivity index (χ4n) is 1.31. The van der Waals surface area contributed by atoms with Gasteiger partial charge in [0.1, 0.15) is 6.61 Å². The SMILES string of the molecule is CCCCCCCCC#C/C=C\C#CCO. The van der Waals surface area contributed by atoms with Crippen LogP contribution >= 0.6 is 0 Å². The highest BCUT2D eigenvalue weighted by Gasteiger charge is 1.87. The molecule has 0 aliphatic carbocycles. The summed E-state index contributed by atoms with van der Waals surface area (Å²) >= 11 is 0. The Hall–Kier alpha value is -1.18. The van der Waals surface area contributed by atoms with Gasteiger partial charge in [0.2, 0.25) is 0 Å². The summed E-state index contributed by atoms with van der Waals surface area (Å²) < 4.78 is 0. The Bertz CT molecular complexity index is 280. The van der Waals surface area contributed by atoms with Gasteiger partial charge in [-0.1, -0.05) is 62.7 Å². The van der Waals surface area contributed by atoms with Crippen molar-refractivity contribution in [2.24, 2.45) is 0 Å². The maximum atomic E-state index is 8.38. The van der Waals surface area contributed by atoms with Gasteiger partial charge in [0.05, 0.1) is 0 Å². The third-order valence-electron chi connectivity index (χ3n) is 2.19. The van der Waals surface area contributed by atoms with Crippen LogP contribution in [-0.2, 0) is 0 Å². The molecular weight excluding hydrogens is 196 g/mol. The minimum atomic E-state index is -0.0878. The fraction of sp³-hybridized carbons (Fsp3) is 0.600. The molecule has 0 amide bonds. The van der Waals surface area contributed by atoms with E-state index in [4.69, 9.17) is 5.11 Å². The zero-order valence-corrected chi connectivity index (χ0v) is 10.3. The molecule has 0 atom stereocenters. The van der Waals surface area contributed by atoms with Crippen molar-refractivity contribution in [2.75, 3.05) is 6.61 Å². The first-order valence-corrected chi connectivity index (χ1v) is 6.14. The predicted molar refractivity (Wildman–Crippen MR) is 69.8 cm³/mol. The lowest BCUT2D eigenvalue weighted by atomic mass is 10.1. The molecule has 0 spiro atoms. The average molecular weight is 218 g/mol. The molecule has 0 aliphatic heterocycles. The zero-order valence-electron chi connectivity index (χ0n) is 10.3. The van der Waals surface area contributed by atoms with Crippen molar-refractivity contribution in [2.45, 2.75) is 51.9 Å². The van der Waals surface area contributed by atoms with Crippen molar-refractivity contribution in [3.63, 3.8) is 0 Å². The highest BCUT2D eigenvalue weighted by atomic mass is 16.2. The fourth-order valence-corrected chi connectivity index (χ4v) is 1.31. The number of rotatable bonds is 6. The molecule has 0 saturated carbocycles. The molecule has 0 aromatic heterocycles. The second kappa shape index (κ2) is 13.8. The lowest BCUT2D eigenvalue weighted by Crippen LogP contribution is -1.77. The van der Waals surface area contributed by atoms with Crippen molar-refractivity contribution >= 4 is 0 Å². The first-order chi connectivity index (χ1) is 7.91. The number of aliphatic hydroxyl groups excluding tert-OH is 1. The molecule has 0 fully saturated rings. The molecule has 0 heterocycles. The van der Waals surface area contributed by atoms with E-state index in [0.29, 0.717) is 0 Å². The number of hydrogen-bond acceptors (Lipinski definition) is 1. The van der Waals surface area contributed by atoms with Gasteiger partial charge in [-0.2, -0.15) is 0 Å². The first-order valence-electron chi connectivity index (χ1n) is 6.14. The van der Waals surface area contributed by atoms with Gasteiger partial charge in [-0.3, -0.25) is 0 Å². The highest BCUT2D eigenvalue weighted by molar-refractivity contribution is 5.24. The Kier molecular flexibility index (Phi) is 12.8. The van der Waals surface area contributed by atoms with Crippen molar-refractivity contribution in [3.05, 3.63) is 12.2 Å². The van der Waals surface area contributed by atoms with E-state index in [2.05, 4.69) is 30.6 Å². The Morgan fingerprint density at radius 1 is 0.875 bits per heavy atom. The van der Waals surface area contributed by atoms with Crippen LogP contribution in [0.15, 0.2) is 12.2 Å². The monoisotopic (exact) mass is 218 g/mol. The van der Waals surface area contributed by atoms with Crippen molar-refractivity contribution < 1.29 is 5.11 Å². The van der Waals surface area contributed by atoms with Crippen LogP contribution in [-0.4, -0.2) is 11.7 Å². The van der Waals surface area contributed by atoms with Crippen LogP contribution in [0.3, 0.4) is 0 Å². The number of hydrogen-bond donors (Lipinski definition) is 1. The minimum absolute atomic E-state index is 0.0878. The van der Waals surface area contributed by atoms with Gasteiger partial charge in [0, 0.05) is 6.42 Å². The Labute approximate surface area is 100.0 Å². The predicted octanol–water partition coefficient (Wildman–Crippen LogP) is 3.29. The Morgan fingerprint density at radius 3 is 2.19 bits per heavy atom. The minimum Gasteiger partial charge on any atom is -0.384 e. The summed E-state index contributed by atoms with van der Waals surface area (Å²) in [4.78, 5) is 0. The van der Waals surface area contributed by atoms with Gasteiger partial charge >= 0.3 is 0 Å². The molecule has 16 heavy (non-hydrogen) atoms. The second-order valence-electron chi connectivity index (χ2n) is 3.65. The molecule has 1 nitrogen and oxygen atoms in total. The van der Waals surface area contributed by atoms with Gasteiger partial charge < -0.3 is 5.11 Å². The van der Waals surface area contributed by atoms with Crippen LogP contribution in [0.25, 0.3) is 0 Å². The first kappa shape index (κ1) is 14.8. The molecule has 0 saturated heterocycles. The van der Waals surface area contributed by atoms with Gasteiger partial charge in [0.25, 0.3) is 0 Å². The van der Waals surface area contributed by atoms with Crippen LogP contribution in [0.4, 0.5) is 0 Å². The molecule has 0 bridgehead atoms. The molecule has 88 valence electrons. The van der Waals surface area contributed by atoms with E-state index in [1.165, 1.54) is 38.5 Å². The van der Waals surface area contributed by atoms with E-state index in [0.717, 1.165) is 6.42 Å². The summed E-state index contributed by atoms with van der Waals surface area (Å²) in [7, 11) is 0. The second-order valence-corrected chi connectivity index (χ2v) is 3.65. The average Bonchev–Trinajstić information content (AvgIpc) is 2.31. The van der Waals surface area contributed by atoms with Crippen molar-refractivity contribution in [1.29, 1.82) is 0 Å². The van der Waals surface area contributed by atoms with E-state index < -0.39 is 0 Å². The summed E-state index contributed by atoms with van der Waals surface area (Å²) in [5.74, 6) is 11.2. The number of allylic oxidation sites excluding steroid dienone is 2.